The number of hydrogen-bond donors (Lipinski definition) is 2. The number of amides is 2. The molecule has 2 amide bonds. The van der Waals surface area contributed by atoms with Crippen molar-refractivity contribution in [3.05, 3.63) is 70.6 Å². The van der Waals surface area contributed by atoms with E-state index in [-0.39, 0.29) is 6.61 Å². The van der Waals surface area contributed by atoms with Gasteiger partial charge < -0.3 is 10.1 Å². The molecule has 144 valence electrons. The van der Waals surface area contributed by atoms with Gasteiger partial charge in [-0.25, -0.2) is 9.59 Å². The molecule has 6 heteroatoms. The third kappa shape index (κ3) is 4.40. The molecule has 28 heavy (non-hydrogen) atoms. The number of anilines is 2. The summed E-state index contributed by atoms with van der Waals surface area (Å²) in [6, 6.07) is 14.7. The first-order valence-corrected chi connectivity index (χ1v) is 9.87. The molecule has 0 saturated carbocycles. The maximum absolute atomic E-state index is 12.6. The van der Waals surface area contributed by atoms with Crippen LogP contribution >= 0.6 is 11.3 Å². The average Bonchev–Trinajstić information content (AvgIpc) is 3.08. The third-order valence-electron chi connectivity index (χ3n) is 4.35. The second-order valence-electron chi connectivity index (χ2n) is 6.32. The van der Waals surface area contributed by atoms with Gasteiger partial charge in [0.15, 0.2) is 0 Å². The molecule has 0 radical (unpaired) electrons. The number of thiophene rings is 1. The number of para-hydroxylation sites is 1. The van der Waals surface area contributed by atoms with Crippen molar-refractivity contribution in [3.63, 3.8) is 0 Å². The van der Waals surface area contributed by atoms with Gasteiger partial charge in [-0.15, -0.1) is 11.3 Å². The average molecular weight is 394 g/mol. The molecule has 3 aromatic rings. The van der Waals surface area contributed by atoms with E-state index >= 15 is 0 Å². The van der Waals surface area contributed by atoms with E-state index in [9.17, 15) is 9.59 Å². The molecule has 5 nitrogen and oxygen atoms in total. The number of benzene rings is 2. The van der Waals surface area contributed by atoms with E-state index in [0.29, 0.717) is 16.3 Å². The quantitative estimate of drug-likeness (QED) is 0.533. The number of urea groups is 1. The summed E-state index contributed by atoms with van der Waals surface area (Å²) < 4.78 is 5.24. The fourth-order valence-corrected chi connectivity index (χ4v) is 3.72. The van der Waals surface area contributed by atoms with Crippen LogP contribution in [-0.4, -0.2) is 18.6 Å². The van der Waals surface area contributed by atoms with Crippen molar-refractivity contribution in [1.82, 2.24) is 0 Å². The zero-order chi connectivity index (χ0) is 20.1. The van der Waals surface area contributed by atoms with Crippen LogP contribution in [0.1, 0.15) is 28.4 Å². The zero-order valence-corrected chi connectivity index (χ0v) is 16.9. The summed E-state index contributed by atoms with van der Waals surface area (Å²) >= 11 is 1.30. The highest BCUT2D eigenvalue weighted by atomic mass is 32.1. The topological polar surface area (TPSA) is 67.4 Å². The standard InChI is InChI=1S/C22H22N2O3S/c1-4-27-21(25)19-18(16-11-10-14(2)15(3)12-16)13-28-20(19)24-22(26)23-17-8-6-5-7-9-17/h5-13H,4H2,1-3H3,(H2,23,24,26). The normalized spacial score (nSPS) is 10.4. The van der Waals surface area contributed by atoms with Crippen molar-refractivity contribution >= 4 is 34.0 Å². The number of hydrogen-bond acceptors (Lipinski definition) is 4. The van der Waals surface area contributed by atoms with Crippen molar-refractivity contribution in [1.29, 1.82) is 0 Å². The maximum atomic E-state index is 12.6. The lowest BCUT2D eigenvalue weighted by molar-refractivity contribution is 0.0529. The molecule has 2 N–H and O–H groups in total. The molecule has 0 unspecified atom stereocenters. The second-order valence-corrected chi connectivity index (χ2v) is 7.20. The Kier molecular flexibility index (Phi) is 6.11. The van der Waals surface area contributed by atoms with E-state index in [1.54, 1.807) is 19.1 Å². The van der Waals surface area contributed by atoms with Gasteiger partial charge in [0.1, 0.15) is 10.6 Å². The highest BCUT2D eigenvalue weighted by Gasteiger charge is 2.23. The van der Waals surface area contributed by atoms with Gasteiger partial charge in [-0.3, -0.25) is 5.32 Å². The third-order valence-corrected chi connectivity index (χ3v) is 5.24. The van der Waals surface area contributed by atoms with Crippen molar-refractivity contribution in [2.24, 2.45) is 0 Å². The fourth-order valence-electron chi connectivity index (χ4n) is 2.76. The van der Waals surface area contributed by atoms with Crippen molar-refractivity contribution in [2.45, 2.75) is 20.8 Å². The van der Waals surface area contributed by atoms with Crippen molar-refractivity contribution < 1.29 is 14.3 Å². The van der Waals surface area contributed by atoms with E-state index in [1.807, 2.05) is 55.6 Å². The Bertz CT molecular complexity index is 996. The Morgan fingerprint density at radius 2 is 1.75 bits per heavy atom. The smallest absolute Gasteiger partial charge is 0.341 e. The molecule has 0 saturated heterocycles. The van der Waals surface area contributed by atoms with Gasteiger partial charge in [-0.2, -0.15) is 0 Å². The van der Waals surface area contributed by atoms with Crippen molar-refractivity contribution in [2.75, 3.05) is 17.2 Å². The summed E-state index contributed by atoms with van der Waals surface area (Å²) in [6.45, 7) is 6.09. The van der Waals surface area contributed by atoms with Gasteiger partial charge in [0, 0.05) is 16.6 Å². The molecule has 0 aliphatic heterocycles. The first-order valence-electron chi connectivity index (χ1n) is 8.99. The van der Waals surface area contributed by atoms with Crippen LogP contribution in [0.15, 0.2) is 53.9 Å². The lowest BCUT2D eigenvalue weighted by Gasteiger charge is -2.10. The molecule has 0 bridgehead atoms. The van der Waals surface area contributed by atoms with E-state index in [2.05, 4.69) is 10.6 Å². The predicted molar refractivity (Wildman–Crippen MR) is 114 cm³/mol. The number of nitrogens with one attached hydrogen (secondary N) is 2. The first-order chi connectivity index (χ1) is 13.5. The van der Waals surface area contributed by atoms with E-state index in [1.165, 1.54) is 16.9 Å². The number of carbonyl (C=O) groups is 2. The van der Waals surface area contributed by atoms with Crippen LogP contribution in [0.5, 0.6) is 0 Å². The molecule has 2 aromatic carbocycles. The fraction of sp³-hybridized carbons (Fsp3) is 0.182. The number of rotatable bonds is 5. The van der Waals surface area contributed by atoms with Crippen LogP contribution in [-0.2, 0) is 4.74 Å². The van der Waals surface area contributed by atoms with Gasteiger partial charge in [0.05, 0.1) is 6.61 Å². The van der Waals surface area contributed by atoms with E-state index in [0.717, 1.165) is 16.7 Å². The summed E-state index contributed by atoms with van der Waals surface area (Å²) in [5.74, 6) is -0.452. The molecule has 0 aliphatic carbocycles. The van der Waals surface area contributed by atoms with Gasteiger partial charge in [-0.05, 0) is 49.6 Å². The molecular weight excluding hydrogens is 372 g/mol. The van der Waals surface area contributed by atoms with E-state index in [4.69, 9.17) is 4.74 Å². The van der Waals surface area contributed by atoms with Crippen LogP contribution < -0.4 is 10.6 Å². The minimum Gasteiger partial charge on any atom is -0.462 e. The minimum atomic E-state index is -0.452. The van der Waals surface area contributed by atoms with Crippen LogP contribution in [0.2, 0.25) is 0 Å². The summed E-state index contributed by atoms with van der Waals surface area (Å²) in [5, 5.41) is 7.87. The van der Waals surface area contributed by atoms with Crippen LogP contribution in [0.4, 0.5) is 15.5 Å². The monoisotopic (exact) mass is 394 g/mol. The molecule has 1 aromatic heterocycles. The first kappa shape index (κ1) is 19.6. The van der Waals surface area contributed by atoms with Crippen LogP contribution in [0.3, 0.4) is 0 Å². The summed E-state index contributed by atoms with van der Waals surface area (Å²) in [5.41, 5.74) is 5.02. The van der Waals surface area contributed by atoms with Gasteiger partial charge in [0.2, 0.25) is 0 Å². The molecule has 0 atom stereocenters. The SMILES string of the molecule is CCOC(=O)c1c(-c2ccc(C)c(C)c2)csc1NC(=O)Nc1ccccc1. The number of esters is 1. The second kappa shape index (κ2) is 8.71. The number of carbonyl (C=O) groups excluding carboxylic acids is 2. The molecule has 0 fully saturated rings. The van der Waals surface area contributed by atoms with Crippen LogP contribution in [0, 0.1) is 13.8 Å². The minimum absolute atomic E-state index is 0.261. The molecule has 1 heterocycles. The van der Waals surface area contributed by atoms with Crippen LogP contribution in [0.25, 0.3) is 11.1 Å². The Morgan fingerprint density at radius 1 is 1.00 bits per heavy atom. The largest absolute Gasteiger partial charge is 0.462 e. The Balaban J connectivity index is 1.92. The highest BCUT2D eigenvalue weighted by Crippen LogP contribution is 2.37. The Hall–Kier alpha value is -3.12. The molecular formula is C22H22N2O3S. The van der Waals surface area contributed by atoms with Gasteiger partial charge >= 0.3 is 12.0 Å². The number of aryl methyl sites for hydroxylation is 2. The Morgan fingerprint density at radius 3 is 2.43 bits per heavy atom. The summed E-state index contributed by atoms with van der Waals surface area (Å²) in [7, 11) is 0. The summed E-state index contributed by atoms with van der Waals surface area (Å²) in [4.78, 5) is 25.0. The van der Waals surface area contributed by atoms with Crippen molar-refractivity contribution in [3.8, 4) is 11.1 Å². The molecule has 0 aliphatic rings. The lowest BCUT2D eigenvalue weighted by atomic mass is 9.99. The molecule has 3 rings (SSSR count). The number of ether oxygens (including phenoxy) is 1. The highest BCUT2D eigenvalue weighted by molar-refractivity contribution is 7.15. The summed E-state index contributed by atoms with van der Waals surface area (Å²) in [6.07, 6.45) is 0. The Labute approximate surface area is 168 Å². The predicted octanol–water partition coefficient (Wildman–Crippen LogP) is 5.85. The molecule has 0 spiro atoms. The lowest BCUT2D eigenvalue weighted by Crippen LogP contribution is -2.20. The van der Waals surface area contributed by atoms with E-state index < -0.39 is 12.0 Å². The van der Waals surface area contributed by atoms with Gasteiger partial charge in [-0.1, -0.05) is 36.4 Å². The zero-order valence-electron chi connectivity index (χ0n) is 16.0. The van der Waals surface area contributed by atoms with Gasteiger partial charge in [0.25, 0.3) is 0 Å². The maximum Gasteiger partial charge on any atom is 0.341 e.